The molecule has 1 nitrogen and oxygen atoms in total. The Labute approximate surface area is 116 Å². The summed E-state index contributed by atoms with van der Waals surface area (Å²) in [7, 11) is 0. The molecule has 0 aromatic heterocycles. The predicted octanol–water partition coefficient (Wildman–Crippen LogP) is 4.44. The quantitative estimate of drug-likeness (QED) is 0.830. The van der Waals surface area contributed by atoms with Crippen molar-refractivity contribution in [2.45, 2.75) is 52.0 Å². The van der Waals surface area contributed by atoms with E-state index in [0.717, 1.165) is 18.0 Å². The fourth-order valence-corrected chi connectivity index (χ4v) is 3.36. The number of benzene rings is 1. The molecule has 0 amide bonds. The SMILES string of the molecule is CCCNC1CCC(C)(Cc2cccc(Cl)c2)C1. The van der Waals surface area contributed by atoms with Gasteiger partial charge >= 0.3 is 0 Å². The number of halogens is 1. The average molecular weight is 266 g/mol. The Kier molecular flexibility index (Phi) is 4.69. The Bertz CT molecular complexity index is 390. The van der Waals surface area contributed by atoms with Crippen molar-refractivity contribution in [1.29, 1.82) is 0 Å². The number of nitrogens with one attached hydrogen (secondary N) is 1. The Morgan fingerprint density at radius 2 is 2.28 bits per heavy atom. The third kappa shape index (κ3) is 3.73. The van der Waals surface area contributed by atoms with E-state index in [0.29, 0.717) is 11.5 Å². The van der Waals surface area contributed by atoms with Gasteiger partial charge in [0.2, 0.25) is 0 Å². The number of hydrogen-bond donors (Lipinski definition) is 1. The zero-order valence-electron chi connectivity index (χ0n) is 11.5. The molecule has 2 unspecified atom stereocenters. The average Bonchev–Trinajstić information content (AvgIpc) is 2.68. The largest absolute Gasteiger partial charge is 0.314 e. The maximum absolute atomic E-state index is 6.06. The van der Waals surface area contributed by atoms with Gasteiger partial charge in [0.15, 0.2) is 0 Å². The van der Waals surface area contributed by atoms with Crippen molar-refractivity contribution in [3.05, 3.63) is 34.9 Å². The van der Waals surface area contributed by atoms with Gasteiger partial charge in [-0.05, 0) is 61.8 Å². The molecule has 0 heterocycles. The van der Waals surface area contributed by atoms with Gasteiger partial charge in [0.25, 0.3) is 0 Å². The van der Waals surface area contributed by atoms with Crippen LogP contribution in [0.2, 0.25) is 5.02 Å². The normalized spacial score (nSPS) is 27.6. The first-order valence-corrected chi connectivity index (χ1v) is 7.47. The van der Waals surface area contributed by atoms with Crippen molar-refractivity contribution in [3.8, 4) is 0 Å². The lowest BCUT2D eigenvalue weighted by molar-refractivity contribution is 0.322. The summed E-state index contributed by atoms with van der Waals surface area (Å²) in [6, 6.07) is 9.04. The van der Waals surface area contributed by atoms with Gasteiger partial charge in [-0.1, -0.05) is 37.6 Å². The molecule has 100 valence electrons. The predicted molar refractivity (Wildman–Crippen MR) is 79.2 cm³/mol. The van der Waals surface area contributed by atoms with Gasteiger partial charge in [-0.2, -0.15) is 0 Å². The van der Waals surface area contributed by atoms with Crippen molar-refractivity contribution >= 4 is 11.6 Å². The zero-order chi connectivity index (χ0) is 13.0. The molecule has 0 saturated heterocycles. The van der Waals surface area contributed by atoms with Gasteiger partial charge < -0.3 is 5.32 Å². The minimum atomic E-state index is 0.441. The molecule has 1 fully saturated rings. The van der Waals surface area contributed by atoms with Crippen LogP contribution in [0.25, 0.3) is 0 Å². The van der Waals surface area contributed by atoms with Gasteiger partial charge in [0, 0.05) is 11.1 Å². The van der Waals surface area contributed by atoms with E-state index in [1.54, 1.807) is 0 Å². The van der Waals surface area contributed by atoms with Crippen LogP contribution in [0.1, 0.15) is 45.1 Å². The van der Waals surface area contributed by atoms with Crippen molar-refractivity contribution in [3.63, 3.8) is 0 Å². The molecule has 0 radical (unpaired) electrons. The summed E-state index contributed by atoms with van der Waals surface area (Å²) >= 11 is 6.06. The molecule has 2 rings (SSSR count). The summed E-state index contributed by atoms with van der Waals surface area (Å²) in [5.74, 6) is 0. The van der Waals surface area contributed by atoms with Crippen LogP contribution in [0.3, 0.4) is 0 Å². The molecule has 2 heteroatoms. The van der Waals surface area contributed by atoms with Crippen LogP contribution in [0.15, 0.2) is 24.3 Å². The topological polar surface area (TPSA) is 12.0 Å². The molecule has 18 heavy (non-hydrogen) atoms. The van der Waals surface area contributed by atoms with Crippen LogP contribution in [-0.2, 0) is 6.42 Å². The van der Waals surface area contributed by atoms with Gasteiger partial charge in [-0.25, -0.2) is 0 Å². The third-order valence-corrected chi connectivity index (χ3v) is 4.27. The molecule has 0 bridgehead atoms. The van der Waals surface area contributed by atoms with E-state index in [2.05, 4.69) is 37.4 Å². The summed E-state index contributed by atoms with van der Waals surface area (Å²) < 4.78 is 0. The van der Waals surface area contributed by atoms with Gasteiger partial charge in [-0.15, -0.1) is 0 Å². The Morgan fingerprint density at radius 1 is 1.44 bits per heavy atom. The van der Waals surface area contributed by atoms with E-state index in [1.165, 1.54) is 31.2 Å². The molecule has 1 aromatic rings. The first-order valence-electron chi connectivity index (χ1n) is 7.09. The first-order chi connectivity index (χ1) is 8.61. The molecule has 1 saturated carbocycles. The molecule has 2 atom stereocenters. The molecule has 1 aliphatic carbocycles. The minimum absolute atomic E-state index is 0.441. The monoisotopic (exact) mass is 265 g/mol. The lowest BCUT2D eigenvalue weighted by atomic mass is 9.82. The Morgan fingerprint density at radius 3 is 3.00 bits per heavy atom. The zero-order valence-corrected chi connectivity index (χ0v) is 12.3. The van der Waals surface area contributed by atoms with E-state index >= 15 is 0 Å². The summed E-state index contributed by atoms with van der Waals surface area (Å²) in [5.41, 5.74) is 1.82. The smallest absolute Gasteiger partial charge is 0.0408 e. The highest BCUT2D eigenvalue weighted by atomic mass is 35.5. The van der Waals surface area contributed by atoms with Crippen LogP contribution in [0.4, 0.5) is 0 Å². The summed E-state index contributed by atoms with van der Waals surface area (Å²) in [4.78, 5) is 0. The molecular formula is C16H24ClN. The molecule has 1 aliphatic rings. The highest BCUT2D eigenvalue weighted by Crippen LogP contribution is 2.40. The molecule has 1 aromatic carbocycles. The second-order valence-corrected chi connectivity index (χ2v) is 6.45. The van der Waals surface area contributed by atoms with E-state index in [-0.39, 0.29) is 0 Å². The van der Waals surface area contributed by atoms with E-state index < -0.39 is 0 Å². The highest BCUT2D eigenvalue weighted by molar-refractivity contribution is 6.30. The second-order valence-electron chi connectivity index (χ2n) is 6.01. The first kappa shape index (κ1) is 13.9. The summed E-state index contributed by atoms with van der Waals surface area (Å²) in [6.07, 6.45) is 6.30. The van der Waals surface area contributed by atoms with Crippen molar-refractivity contribution in [2.24, 2.45) is 5.41 Å². The maximum atomic E-state index is 6.06. The van der Waals surface area contributed by atoms with E-state index in [9.17, 15) is 0 Å². The van der Waals surface area contributed by atoms with Crippen LogP contribution >= 0.6 is 11.6 Å². The van der Waals surface area contributed by atoms with Crippen molar-refractivity contribution in [1.82, 2.24) is 5.32 Å². The van der Waals surface area contributed by atoms with Crippen LogP contribution in [-0.4, -0.2) is 12.6 Å². The maximum Gasteiger partial charge on any atom is 0.0408 e. The van der Waals surface area contributed by atoms with Crippen LogP contribution in [0, 0.1) is 5.41 Å². The fourth-order valence-electron chi connectivity index (χ4n) is 3.14. The number of hydrogen-bond acceptors (Lipinski definition) is 1. The summed E-state index contributed by atoms with van der Waals surface area (Å²) in [5, 5.41) is 4.51. The van der Waals surface area contributed by atoms with E-state index in [1.807, 2.05) is 6.07 Å². The van der Waals surface area contributed by atoms with Gasteiger partial charge in [-0.3, -0.25) is 0 Å². The molecule has 0 aliphatic heterocycles. The van der Waals surface area contributed by atoms with Crippen molar-refractivity contribution < 1.29 is 0 Å². The highest BCUT2D eigenvalue weighted by Gasteiger charge is 2.34. The molecule has 1 N–H and O–H groups in total. The minimum Gasteiger partial charge on any atom is -0.314 e. The van der Waals surface area contributed by atoms with E-state index in [4.69, 9.17) is 11.6 Å². The molecule has 0 spiro atoms. The van der Waals surface area contributed by atoms with Gasteiger partial charge in [0.05, 0.1) is 0 Å². The lowest BCUT2D eigenvalue weighted by Gasteiger charge is -2.24. The Balaban J connectivity index is 1.93. The molecular weight excluding hydrogens is 242 g/mol. The van der Waals surface area contributed by atoms with Crippen LogP contribution in [0.5, 0.6) is 0 Å². The lowest BCUT2D eigenvalue weighted by Crippen LogP contribution is -2.28. The van der Waals surface area contributed by atoms with Gasteiger partial charge in [0.1, 0.15) is 0 Å². The summed E-state index contributed by atoms with van der Waals surface area (Å²) in [6.45, 7) is 5.80. The number of rotatable bonds is 5. The fraction of sp³-hybridized carbons (Fsp3) is 0.625. The second kappa shape index (κ2) is 6.08. The third-order valence-electron chi connectivity index (χ3n) is 4.04. The van der Waals surface area contributed by atoms with Crippen molar-refractivity contribution in [2.75, 3.05) is 6.54 Å². The standard InChI is InChI=1S/C16H24ClN/c1-3-9-18-15-7-8-16(2,12-15)11-13-5-4-6-14(17)10-13/h4-6,10,15,18H,3,7-9,11-12H2,1-2H3. The Hall–Kier alpha value is -0.530. The van der Waals surface area contributed by atoms with Crippen LogP contribution < -0.4 is 5.32 Å².